The molecule has 0 radical (unpaired) electrons. The van der Waals surface area contributed by atoms with Crippen molar-refractivity contribution in [2.24, 2.45) is 11.8 Å². The van der Waals surface area contributed by atoms with Gasteiger partial charge in [-0.05, 0) is 31.1 Å². The van der Waals surface area contributed by atoms with Crippen molar-refractivity contribution in [2.45, 2.75) is 51.5 Å². The van der Waals surface area contributed by atoms with E-state index in [1.54, 1.807) is 0 Å². The zero-order chi connectivity index (χ0) is 14.6. The lowest BCUT2D eigenvalue weighted by Gasteiger charge is -2.35. The van der Waals surface area contributed by atoms with E-state index in [0.717, 1.165) is 18.9 Å². The second-order valence-corrected chi connectivity index (χ2v) is 8.81. The van der Waals surface area contributed by atoms with Gasteiger partial charge < -0.3 is 5.11 Å². The van der Waals surface area contributed by atoms with Gasteiger partial charge in [0.15, 0.2) is 9.84 Å². The maximum Gasteiger partial charge on any atom is 0.151 e. The van der Waals surface area contributed by atoms with E-state index < -0.39 is 9.84 Å². The minimum absolute atomic E-state index is 0.125. The van der Waals surface area contributed by atoms with E-state index >= 15 is 0 Å². The van der Waals surface area contributed by atoms with Gasteiger partial charge in [-0.1, -0.05) is 26.2 Å². The van der Waals surface area contributed by atoms with Gasteiger partial charge in [-0.15, -0.1) is 0 Å². The summed E-state index contributed by atoms with van der Waals surface area (Å²) in [6.45, 7) is 3.98. The van der Waals surface area contributed by atoms with E-state index in [1.807, 2.05) is 0 Å². The van der Waals surface area contributed by atoms with Crippen LogP contribution < -0.4 is 0 Å². The molecule has 0 aromatic carbocycles. The molecule has 0 amide bonds. The first kappa shape index (κ1) is 16.2. The topological polar surface area (TPSA) is 57.6 Å². The third-order valence-electron chi connectivity index (χ3n) is 5.07. The van der Waals surface area contributed by atoms with Crippen LogP contribution in [0, 0.1) is 11.8 Å². The van der Waals surface area contributed by atoms with Gasteiger partial charge in [0, 0.05) is 19.1 Å². The standard InChI is InChI=1S/C15H29NO3S/c1-2-13-4-3-5-14(10-13)11-16(7-8-17)15-6-9-20(18,19)12-15/h13-15,17H,2-12H2,1H3/t13-,14-,15-/m1/s1. The summed E-state index contributed by atoms with van der Waals surface area (Å²) in [6.07, 6.45) is 7.19. The molecule has 0 aromatic heterocycles. The zero-order valence-electron chi connectivity index (χ0n) is 12.6. The summed E-state index contributed by atoms with van der Waals surface area (Å²) in [5.41, 5.74) is 0. The van der Waals surface area contributed by atoms with Crippen LogP contribution in [0.3, 0.4) is 0 Å². The third kappa shape index (κ3) is 4.43. The normalized spacial score (nSPS) is 33.6. The van der Waals surface area contributed by atoms with Crippen LogP contribution in [0.4, 0.5) is 0 Å². The first-order valence-electron chi connectivity index (χ1n) is 8.09. The number of nitrogens with zero attached hydrogens (tertiary/aromatic N) is 1. The lowest BCUT2D eigenvalue weighted by molar-refractivity contribution is 0.116. The Morgan fingerprint density at radius 2 is 1.95 bits per heavy atom. The number of sulfone groups is 1. The van der Waals surface area contributed by atoms with Gasteiger partial charge in [0.05, 0.1) is 18.1 Å². The number of hydrogen-bond donors (Lipinski definition) is 1. The molecule has 3 atom stereocenters. The molecule has 118 valence electrons. The van der Waals surface area contributed by atoms with Crippen LogP contribution in [0.2, 0.25) is 0 Å². The molecule has 0 unspecified atom stereocenters. The Bertz CT molecular complexity index is 396. The molecule has 1 aliphatic heterocycles. The molecule has 2 rings (SSSR count). The van der Waals surface area contributed by atoms with Crippen LogP contribution in [0.5, 0.6) is 0 Å². The van der Waals surface area contributed by atoms with Crippen molar-refractivity contribution in [2.75, 3.05) is 31.2 Å². The fraction of sp³-hybridized carbons (Fsp3) is 1.00. The molecule has 2 aliphatic rings. The highest BCUT2D eigenvalue weighted by atomic mass is 32.2. The van der Waals surface area contributed by atoms with E-state index in [2.05, 4.69) is 11.8 Å². The second kappa shape index (κ2) is 7.23. The first-order valence-corrected chi connectivity index (χ1v) is 9.91. The maximum atomic E-state index is 11.7. The molecular weight excluding hydrogens is 274 g/mol. The van der Waals surface area contributed by atoms with Gasteiger partial charge >= 0.3 is 0 Å². The molecule has 1 heterocycles. The van der Waals surface area contributed by atoms with Gasteiger partial charge in [-0.3, -0.25) is 4.90 Å². The summed E-state index contributed by atoms with van der Waals surface area (Å²) in [4.78, 5) is 2.24. The van der Waals surface area contributed by atoms with Gasteiger partial charge in [0.1, 0.15) is 0 Å². The Balaban J connectivity index is 1.92. The molecule has 1 aliphatic carbocycles. The molecular formula is C15H29NO3S. The Hall–Kier alpha value is -0.130. The molecule has 0 spiro atoms. The second-order valence-electron chi connectivity index (χ2n) is 6.58. The molecule has 5 heteroatoms. The Morgan fingerprint density at radius 1 is 1.20 bits per heavy atom. The van der Waals surface area contributed by atoms with Crippen LogP contribution in [-0.4, -0.2) is 55.7 Å². The first-order chi connectivity index (χ1) is 9.54. The Morgan fingerprint density at radius 3 is 2.55 bits per heavy atom. The minimum atomic E-state index is -2.84. The predicted octanol–water partition coefficient (Wildman–Crippen LogP) is 1.68. The maximum absolute atomic E-state index is 11.7. The summed E-state index contributed by atoms with van der Waals surface area (Å²) in [7, 11) is -2.84. The van der Waals surface area contributed by atoms with E-state index in [0.29, 0.717) is 18.2 Å². The summed E-state index contributed by atoms with van der Waals surface area (Å²) < 4.78 is 23.3. The van der Waals surface area contributed by atoms with Crippen molar-refractivity contribution >= 4 is 9.84 Å². The van der Waals surface area contributed by atoms with Crippen LogP contribution >= 0.6 is 0 Å². The van der Waals surface area contributed by atoms with Crippen molar-refractivity contribution in [1.82, 2.24) is 4.90 Å². The quantitative estimate of drug-likeness (QED) is 0.811. The molecule has 0 aromatic rings. The van der Waals surface area contributed by atoms with Crippen molar-refractivity contribution in [3.05, 3.63) is 0 Å². The number of rotatable bonds is 6. The largest absolute Gasteiger partial charge is 0.395 e. The highest BCUT2D eigenvalue weighted by Gasteiger charge is 2.33. The molecule has 4 nitrogen and oxygen atoms in total. The SMILES string of the molecule is CC[C@@H]1CCC[C@@H](CN(CCO)[C@@H]2CCS(=O)(=O)C2)C1. The highest BCUT2D eigenvalue weighted by Crippen LogP contribution is 2.32. The van der Waals surface area contributed by atoms with Crippen LogP contribution in [0.15, 0.2) is 0 Å². The van der Waals surface area contributed by atoms with E-state index in [4.69, 9.17) is 0 Å². The van der Waals surface area contributed by atoms with Gasteiger partial charge in [0.2, 0.25) is 0 Å². The molecule has 1 N–H and O–H groups in total. The molecule has 1 saturated carbocycles. The minimum Gasteiger partial charge on any atom is -0.395 e. The lowest BCUT2D eigenvalue weighted by atomic mass is 9.80. The van der Waals surface area contributed by atoms with Gasteiger partial charge in [0.25, 0.3) is 0 Å². The van der Waals surface area contributed by atoms with Crippen LogP contribution in [-0.2, 0) is 9.84 Å². The summed E-state index contributed by atoms with van der Waals surface area (Å²) in [5.74, 6) is 2.14. The Labute approximate surface area is 123 Å². The van der Waals surface area contributed by atoms with Gasteiger partial charge in [-0.25, -0.2) is 8.42 Å². The highest BCUT2D eigenvalue weighted by molar-refractivity contribution is 7.91. The monoisotopic (exact) mass is 303 g/mol. The number of aliphatic hydroxyl groups is 1. The third-order valence-corrected chi connectivity index (χ3v) is 6.82. The fourth-order valence-electron chi connectivity index (χ4n) is 3.89. The predicted molar refractivity (Wildman–Crippen MR) is 81.5 cm³/mol. The summed E-state index contributed by atoms with van der Waals surface area (Å²) >= 11 is 0. The molecule has 2 fully saturated rings. The molecule has 1 saturated heterocycles. The van der Waals surface area contributed by atoms with Crippen molar-refractivity contribution in [3.63, 3.8) is 0 Å². The Kier molecular flexibility index (Phi) is 5.87. The summed E-state index contributed by atoms with van der Waals surface area (Å²) in [6, 6.07) is 0.133. The smallest absolute Gasteiger partial charge is 0.151 e. The van der Waals surface area contributed by atoms with Crippen LogP contribution in [0.25, 0.3) is 0 Å². The average molecular weight is 303 g/mol. The van der Waals surface area contributed by atoms with Crippen molar-refractivity contribution < 1.29 is 13.5 Å². The molecule has 0 bridgehead atoms. The average Bonchev–Trinajstić information content (AvgIpc) is 2.79. The lowest BCUT2D eigenvalue weighted by Crippen LogP contribution is -2.42. The van der Waals surface area contributed by atoms with Crippen molar-refractivity contribution in [3.8, 4) is 0 Å². The molecule has 20 heavy (non-hydrogen) atoms. The number of aliphatic hydroxyl groups excluding tert-OH is 1. The van der Waals surface area contributed by atoms with Gasteiger partial charge in [-0.2, -0.15) is 0 Å². The van der Waals surface area contributed by atoms with E-state index in [-0.39, 0.29) is 18.4 Å². The van der Waals surface area contributed by atoms with Crippen LogP contribution in [0.1, 0.15) is 45.4 Å². The van der Waals surface area contributed by atoms with E-state index in [1.165, 1.54) is 32.1 Å². The number of hydrogen-bond acceptors (Lipinski definition) is 4. The van der Waals surface area contributed by atoms with E-state index in [9.17, 15) is 13.5 Å². The summed E-state index contributed by atoms with van der Waals surface area (Å²) in [5, 5.41) is 9.26. The van der Waals surface area contributed by atoms with Crippen molar-refractivity contribution in [1.29, 1.82) is 0 Å². The fourth-order valence-corrected chi connectivity index (χ4v) is 5.65. The zero-order valence-corrected chi connectivity index (χ0v) is 13.4.